The highest BCUT2D eigenvalue weighted by Crippen LogP contribution is 2.22. The number of halogens is 2. The Labute approximate surface area is 92.2 Å². The second-order valence-electron chi connectivity index (χ2n) is 3.47. The smallest absolute Gasteiger partial charge is 0.265 e. The molecule has 5 nitrogen and oxygen atoms in total. The second-order valence-corrected chi connectivity index (χ2v) is 3.47. The van der Waals surface area contributed by atoms with Crippen LogP contribution in [-0.4, -0.2) is 34.0 Å². The molecule has 0 aliphatic heterocycles. The van der Waals surface area contributed by atoms with Crippen LogP contribution in [0.3, 0.4) is 0 Å². The minimum Gasteiger partial charge on any atom is -0.394 e. The molecule has 1 atom stereocenters. The molecule has 0 saturated carbocycles. The largest absolute Gasteiger partial charge is 0.394 e. The van der Waals surface area contributed by atoms with Gasteiger partial charge in [-0.1, -0.05) is 6.92 Å². The number of hydrogen-bond acceptors (Lipinski definition) is 4. The molecule has 0 aliphatic rings. The summed E-state index contributed by atoms with van der Waals surface area (Å²) in [7, 11) is 1.66. The summed E-state index contributed by atoms with van der Waals surface area (Å²) in [4.78, 5) is 0. The molecule has 0 aromatic carbocycles. The zero-order chi connectivity index (χ0) is 12.3. The van der Waals surface area contributed by atoms with Crippen LogP contribution in [0.5, 0.6) is 0 Å². The number of nitrogens with two attached hydrogens (primary N) is 1. The predicted octanol–water partition coefficient (Wildman–Crippen LogP) is 0.603. The predicted molar refractivity (Wildman–Crippen MR) is 57.5 cm³/mol. The van der Waals surface area contributed by atoms with Gasteiger partial charge in [-0.25, -0.2) is 8.78 Å². The molecular weight excluding hydrogens is 218 g/mol. The van der Waals surface area contributed by atoms with E-state index in [1.807, 2.05) is 6.92 Å². The van der Waals surface area contributed by atoms with Gasteiger partial charge in [-0.3, -0.25) is 4.68 Å². The molecule has 1 aromatic rings. The quantitative estimate of drug-likeness (QED) is 0.697. The van der Waals surface area contributed by atoms with Crippen molar-refractivity contribution in [2.24, 2.45) is 7.05 Å². The Morgan fingerprint density at radius 1 is 1.56 bits per heavy atom. The van der Waals surface area contributed by atoms with Gasteiger partial charge in [0.25, 0.3) is 6.43 Å². The number of aliphatic hydroxyl groups excluding tert-OH is 1. The van der Waals surface area contributed by atoms with Gasteiger partial charge in [-0.15, -0.1) is 0 Å². The van der Waals surface area contributed by atoms with Gasteiger partial charge in [-0.05, 0) is 6.42 Å². The Balaban J connectivity index is 2.70. The number of nitrogen functional groups attached to an aromatic ring is 1. The lowest BCUT2D eigenvalue weighted by molar-refractivity contribution is 0.00378. The van der Waals surface area contributed by atoms with Crippen LogP contribution in [0.25, 0.3) is 0 Å². The minimum absolute atomic E-state index is 0.259. The fourth-order valence-corrected chi connectivity index (χ4v) is 1.36. The Kier molecular flexibility index (Phi) is 4.05. The summed E-state index contributed by atoms with van der Waals surface area (Å²) in [5.74, 6) is 0.455. The summed E-state index contributed by atoms with van der Waals surface area (Å²) in [6.45, 7) is 1.64. The molecule has 92 valence electrons. The average molecular weight is 234 g/mol. The molecule has 1 aromatic heterocycles. The van der Waals surface area contributed by atoms with Crippen LogP contribution in [0, 0.1) is 0 Å². The molecule has 7 heteroatoms. The van der Waals surface area contributed by atoms with Crippen LogP contribution in [0.4, 0.5) is 20.3 Å². The number of aliphatic hydroxyl groups is 1. The SMILES string of the molecule is CCc1nn(C)c(NCC(O)C(F)F)c1N. The number of anilines is 2. The summed E-state index contributed by atoms with van der Waals surface area (Å²) >= 11 is 0. The molecule has 1 heterocycles. The van der Waals surface area contributed by atoms with Crippen LogP contribution >= 0.6 is 0 Å². The molecule has 0 bridgehead atoms. The number of rotatable bonds is 5. The lowest BCUT2D eigenvalue weighted by Gasteiger charge is -2.12. The molecule has 1 rings (SSSR count). The number of alkyl halides is 2. The Bertz CT molecular complexity index is 354. The molecule has 0 radical (unpaired) electrons. The average Bonchev–Trinajstić information content (AvgIpc) is 2.51. The Morgan fingerprint density at radius 3 is 2.62 bits per heavy atom. The zero-order valence-electron chi connectivity index (χ0n) is 9.24. The Hall–Kier alpha value is -1.37. The Morgan fingerprint density at radius 2 is 2.19 bits per heavy atom. The normalized spacial score (nSPS) is 13.1. The van der Waals surface area contributed by atoms with Crippen LogP contribution in [0.2, 0.25) is 0 Å². The van der Waals surface area contributed by atoms with Crippen molar-refractivity contribution >= 4 is 11.5 Å². The second kappa shape index (κ2) is 5.11. The fraction of sp³-hybridized carbons (Fsp3) is 0.667. The number of aromatic nitrogens is 2. The molecule has 0 saturated heterocycles. The first-order chi connectivity index (χ1) is 7.47. The van der Waals surface area contributed by atoms with E-state index in [2.05, 4.69) is 10.4 Å². The maximum atomic E-state index is 12.1. The lowest BCUT2D eigenvalue weighted by atomic mass is 10.3. The fourth-order valence-electron chi connectivity index (χ4n) is 1.36. The van der Waals surface area contributed by atoms with Crippen LogP contribution in [-0.2, 0) is 13.5 Å². The van der Waals surface area contributed by atoms with Gasteiger partial charge in [0.05, 0.1) is 11.4 Å². The highest BCUT2D eigenvalue weighted by molar-refractivity contribution is 5.65. The van der Waals surface area contributed by atoms with E-state index in [1.54, 1.807) is 7.05 Å². The van der Waals surface area contributed by atoms with Gasteiger partial charge in [0.2, 0.25) is 0 Å². The first kappa shape index (κ1) is 12.7. The van der Waals surface area contributed by atoms with Crippen LogP contribution < -0.4 is 11.1 Å². The summed E-state index contributed by atoms with van der Waals surface area (Å²) in [6.07, 6.45) is -3.81. The van der Waals surface area contributed by atoms with E-state index in [0.717, 1.165) is 0 Å². The highest BCUT2D eigenvalue weighted by Gasteiger charge is 2.18. The first-order valence-corrected chi connectivity index (χ1v) is 4.98. The van der Waals surface area contributed by atoms with Crippen LogP contribution in [0.1, 0.15) is 12.6 Å². The number of aryl methyl sites for hydroxylation is 2. The number of nitrogens with zero attached hydrogens (tertiary/aromatic N) is 2. The molecular formula is C9H16F2N4O. The van der Waals surface area contributed by atoms with E-state index in [9.17, 15) is 8.78 Å². The third-order valence-corrected chi connectivity index (χ3v) is 2.26. The lowest BCUT2D eigenvalue weighted by Crippen LogP contribution is -2.27. The summed E-state index contributed by atoms with van der Waals surface area (Å²) < 4.78 is 25.6. The van der Waals surface area contributed by atoms with Gasteiger partial charge in [-0.2, -0.15) is 5.10 Å². The van der Waals surface area contributed by atoms with Gasteiger partial charge in [0.1, 0.15) is 11.9 Å². The third kappa shape index (κ3) is 2.60. The molecule has 0 spiro atoms. The first-order valence-electron chi connectivity index (χ1n) is 4.98. The van der Waals surface area contributed by atoms with Crippen molar-refractivity contribution in [3.8, 4) is 0 Å². The summed E-state index contributed by atoms with van der Waals surface area (Å²) in [5, 5.41) is 15.7. The van der Waals surface area contributed by atoms with E-state index in [1.165, 1.54) is 4.68 Å². The van der Waals surface area contributed by atoms with Crippen molar-refractivity contribution < 1.29 is 13.9 Å². The third-order valence-electron chi connectivity index (χ3n) is 2.26. The molecule has 0 amide bonds. The van der Waals surface area contributed by atoms with Crippen molar-refractivity contribution in [3.63, 3.8) is 0 Å². The molecule has 0 aliphatic carbocycles. The molecule has 0 fully saturated rings. The van der Waals surface area contributed by atoms with Crippen molar-refractivity contribution in [2.45, 2.75) is 25.9 Å². The number of nitrogens with one attached hydrogen (secondary N) is 1. The maximum absolute atomic E-state index is 12.1. The molecule has 1 unspecified atom stereocenters. The topological polar surface area (TPSA) is 76.1 Å². The highest BCUT2D eigenvalue weighted by atomic mass is 19.3. The monoisotopic (exact) mass is 234 g/mol. The van der Waals surface area contributed by atoms with E-state index in [-0.39, 0.29) is 6.54 Å². The molecule has 4 N–H and O–H groups in total. The summed E-state index contributed by atoms with van der Waals surface area (Å²) in [6, 6.07) is 0. The van der Waals surface area contributed by atoms with E-state index < -0.39 is 12.5 Å². The van der Waals surface area contributed by atoms with Crippen molar-refractivity contribution in [1.29, 1.82) is 0 Å². The van der Waals surface area contributed by atoms with Gasteiger partial charge in [0.15, 0.2) is 0 Å². The summed E-state index contributed by atoms with van der Waals surface area (Å²) in [5.41, 5.74) is 6.90. The van der Waals surface area contributed by atoms with E-state index >= 15 is 0 Å². The van der Waals surface area contributed by atoms with E-state index in [0.29, 0.717) is 23.6 Å². The van der Waals surface area contributed by atoms with Crippen molar-refractivity contribution in [3.05, 3.63) is 5.69 Å². The molecule has 16 heavy (non-hydrogen) atoms. The number of hydrogen-bond donors (Lipinski definition) is 3. The van der Waals surface area contributed by atoms with E-state index in [4.69, 9.17) is 10.8 Å². The van der Waals surface area contributed by atoms with Gasteiger partial charge in [0, 0.05) is 13.6 Å². The van der Waals surface area contributed by atoms with Crippen molar-refractivity contribution in [2.75, 3.05) is 17.6 Å². The minimum atomic E-state index is -2.77. The maximum Gasteiger partial charge on any atom is 0.265 e. The zero-order valence-corrected chi connectivity index (χ0v) is 9.24. The van der Waals surface area contributed by atoms with Crippen molar-refractivity contribution in [1.82, 2.24) is 9.78 Å². The van der Waals surface area contributed by atoms with Gasteiger partial charge >= 0.3 is 0 Å². The van der Waals surface area contributed by atoms with Gasteiger partial charge < -0.3 is 16.2 Å². The standard InChI is InChI=1S/C9H16F2N4O/c1-3-5-7(12)9(15(2)14-5)13-4-6(16)8(10)11/h6,8,13,16H,3-4,12H2,1-2H3. The van der Waals surface area contributed by atoms with Crippen LogP contribution in [0.15, 0.2) is 0 Å².